The number of aliphatic hydroxyl groups excluding tert-OH is 1. The molecule has 1 rings (SSSR count). The Labute approximate surface area is 108 Å². The molecule has 0 aliphatic heterocycles. The van der Waals surface area contributed by atoms with Crippen LogP contribution in [0.2, 0.25) is 0 Å². The first-order chi connectivity index (χ1) is 8.65. The normalized spacial score (nSPS) is 10.2. The first kappa shape index (κ1) is 14.4. The molecule has 18 heavy (non-hydrogen) atoms. The van der Waals surface area contributed by atoms with Gasteiger partial charge in [-0.3, -0.25) is 0 Å². The van der Waals surface area contributed by atoms with Crippen molar-refractivity contribution >= 4 is 5.82 Å². The number of aromatic nitrogens is 2. The monoisotopic (exact) mass is 248 g/mol. The van der Waals surface area contributed by atoms with Crippen LogP contribution in [0.15, 0.2) is 0 Å². The molecular formula is C13H20N4O. The number of anilines is 1. The van der Waals surface area contributed by atoms with Crippen molar-refractivity contribution in [3.05, 3.63) is 16.8 Å². The second-order valence-electron chi connectivity index (χ2n) is 4.29. The van der Waals surface area contributed by atoms with E-state index >= 15 is 0 Å². The summed E-state index contributed by atoms with van der Waals surface area (Å²) in [5, 5.41) is 26.6. The quantitative estimate of drug-likeness (QED) is 0.827. The van der Waals surface area contributed by atoms with Crippen molar-refractivity contribution in [3.63, 3.8) is 0 Å². The van der Waals surface area contributed by atoms with Crippen LogP contribution in [0.4, 0.5) is 5.82 Å². The Hall–Kier alpha value is -1.67. The molecule has 5 nitrogen and oxygen atoms in total. The van der Waals surface area contributed by atoms with E-state index < -0.39 is 0 Å². The maximum atomic E-state index is 9.26. The first-order valence-corrected chi connectivity index (χ1v) is 6.25. The third-order valence-electron chi connectivity index (χ3n) is 3.00. The predicted octanol–water partition coefficient (Wildman–Crippen LogP) is 1.56. The fourth-order valence-corrected chi connectivity index (χ4v) is 1.74. The maximum Gasteiger partial charge on any atom is 0.169 e. The molecule has 0 aliphatic rings. The Kier molecular flexibility index (Phi) is 5.53. The van der Waals surface area contributed by atoms with E-state index in [0.29, 0.717) is 17.9 Å². The van der Waals surface area contributed by atoms with Gasteiger partial charge in [-0.2, -0.15) is 10.4 Å². The van der Waals surface area contributed by atoms with Gasteiger partial charge >= 0.3 is 0 Å². The molecule has 98 valence electrons. The predicted molar refractivity (Wildman–Crippen MR) is 70.4 cm³/mol. The number of unbranched alkanes of at least 4 members (excludes halogenated alkanes) is 1. The minimum absolute atomic E-state index is 0.0448. The molecule has 0 amide bonds. The number of nitriles is 1. The highest BCUT2D eigenvalue weighted by Crippen LogP contribution is 2.21. The van der Waals surface area contributed by atoms with Crippen molar-refractivity contribution in [2.45, 2.75) is 33.6 Å². The minimum atomic E-state index is 0.0448. The molecule has 0 bridgehead atoms. The Bertz CT molecular complexity index is 439. The van der Waals surface area contributed by atoms with E-state index in [-0.39, 0.29) is 6.61 Å². The Morgan fingerprint density at radius 1 is 1.28 bits per heavy atom. The molecule has 0 atom stereocenters. The maximum absolute atomic E-state index is 9.26. The molecule has 1 aromatic rings. The number of aliphatic hydroxyl groups is 1. The van der Waals surface area contributed by atoms with Gasteiger partial charge in [-0.05, 0) is 25.8 Å². The highest BCUT2D eigenvalue weighted by molar-refractivity contribution is 5.57. The summed E-state index contributed by atoms with van der Waals surface area (Å²) in [6.45, 7) is 7.13. The van der Waals surface area contributed by atoms with E-state index in [1.807, 2.05) is 18.7 Å². The summed E-state index contributed by atoms with van der Waals surface area (Å²) < 4.78 is 0. The number of aryl methyl sites for hydroxylation is 1. The first-order valence-electron chi connectivity index (χ1n) is 6.25. The van der Waals surface area contributed by atoms with Gasteiger partial charge < -0.3 is 10.0 Å². The van der Waals surface area contributed by atoms with Gasteiger partial charge in [0.15, 0.2) is 5.82 Å². The van der Waals surface area contributed by atoms with Crippen LogP contribution in [-0.4, -0.2) is 35.0 Å². The van der Waals surface area contributed by atoms with Crippen LogP contribution in [0.1, 0.15) is 36.6 Å². The molecule has 0 spiro atoms. The number of hydrogen-bond donors (Lipinski definition) is 1. The molecule has 0 aromatic carbocycles. The zero-order chi connectivity index (χ0) is 13.5. The Balaban J connectivity index is 3.11. The number of nitrogens with zero attached hydrogens (tertiary/aromatic N) is 4. The molecule has 0 radical (unpaired) electrons. The summed E-state index contributed by atoms with van der Waals surface area (Å²) in [7, 11) is 0. The lowest BCUT2D eigenvalue weighted by Crippen LogP contribution is -2.30. The average molecular weight is 248 g/mol. The van der Waals surface area contributed by atoms with Crippen molar-refractivity contribution in [1.29, 1.82) is 5.26 Å². The standard InChI is InChI=1S/C13H20N4O/c1-4-5-6-17(7-8-18)13-12(9-14)10(2)11(3)15-16-13/h18H,4-8H2,1-3H3. The van der Waals surface area contributed by atoms with Crippen LogP contribution in [0.5, 0.6) is 0 Å². The fraction of sp³-hybridized carbons (Fsp3) is 0.615. The van der Waals surface area contributed by atoms with Crippen LogP contribution in [0, 0.1) is 25.2 Å². The lowest BCUT2D eigenvalue weighted by atomic mass is 10.1. The molecule has 0 unspecified atom stereocenters. The zero-order valence-corrected chi connectivity index (χ0v) is 11.3. The van der Waals surface area contributed by atoms with Gasteiger partial charge in [0.2, 0.25) is 0 Å². The number of rotatable bonds is 6. The van der Waals surface area contributed by atoms with Gasteiger partial charge in [0, 0.05) is 13.1 Å². The van der Waals surface area contributed by atoms with Gasteiger partial charge in [0.1, 0.15) is 11.6 Å². The second kappa shape index (κ2) is 6.92. The van der Waals surface area contributed by atoms with Crippen LogP contribution in [0.25, 0.3) is 0 Å². The molecule has 0 saturated heterocycles. The van der Waals surface area contributed by atoms with Crippen molar-refractivity contribution in [2.75, 3.05) is 24.6 Å². The molecule has 0 aliphatic carbocycles. The van der Waals surface area contributed by atoms with E-state index in [0.717, 1.165) is 30.6 Å². The molecule has 1 N–H and O–H groups in total. The zero-order valence-electron chi connectivity index (χ0n) is 11.3. The van der Waals surface area contributed by atoms with Gasteiger partial charge in [-0.25, -0.2) is 0 Å². The van der Waals surface area contributed by atoms with Crippen LogP contribution in [-0.2, 0) is 0 Å². The molecule has 0 saturated carbocycles. The Morgan fingerprint density at radius 3 is 2.56 bits per heavy atom. The summed E-state index contributed by atoms with van der Waals surface area (Å²) in [5.74, 6) is 0.586. The van der Waals surface area contributed by atoms with Crippen molar-refractivity contribution in [1.82, 2.24) is 10.2 Å². The van der Waals surface area contributed by atoms with Gasteiger partial charge in [-0.15, -0.1) is 5.10 Å². The lowest BCUT2D eigenvalue weighted by molar-refractivity contribution is 0.301. The van der Waals surface area contributed by atoms with E-state index in [4.69, 9.17) is 5.11 Å². The lowest BCUT2D eigenvalue weighted by Gasteiger charge is -2.23. The summed E-state index contributed by atoms with van der Waals surface area (Å²) in [5.41, 5.74) is 2.20. The van der Waals surface area contributed by atoms with Gasteiger partial charge in [0.25, 0.3) is 0 Å². The van der Waals surface area contributed by atoms with E-state index in [1.54, 1.807) is 0 Å². The largest absolute Gasteiger partial charge is 0.395 e. The van der Waals surface area contributed by atoms with Gasteiger partial charge in [-0.1, -0.05) is 13.3 Å². The molecular weight excluding hydrogens is 228 g/mol. The van der Waals surface area contributed by atoms with Crippen LogP contribution in [0.3, 0.4) is 0 Å². The summed E-state index contributed by atoms with van der Waals surface area (Å²) >= 11 is 0. The van der Waals surface area contributed by atoms with E-state index in [2.05, 4.69) is 23.2 Å². The Morgan fingerprint density at radius 2 is 2.00 bits per heavy atom. The van der Waals surface area contributed by atoms with Crippen LogP contribution >= 0.6 is 0 Å². The fourth-order valence-electron chi connectivity index (χ4n) is 1.74. The van der Waals surface area contributed by atoms with Gasteiger partial charge in [0.05, 0.1) is 12.3 Å². The summed E-state index contributed by atoms with van der Waals surface area (Å²) in [6.07, 6.45) is 2.06. The molecule has 0 fully saturated rings. The average Bonchev–Trinajstić information content (AvgIpc) is 2.37. The second-order valence-corrected chi connectivity index (χ2v) is 4.29. The van der Waals surface area contributed by atoms with E-state index in [9.17, 15) is 5.26 Å². The van der Waals surface area contributed by atoms with Crippen molar-refractivity contribution in [3.8, 4) is 6.07 Å². The third-order valence-corrected chi connectivity index (χ3v) is 3.00. The molecule has 1 aromatic heterocycles. The molecule has 5 heteroatoms. The van der Waals surface area contributed by atoms with Crippen molar-refractivity contribution < 1.29 is 5.11 Å². The van der Waals surface area contributed by atoms with E-state index in [1.165, 1.54) is 0 Å². The molecule has 1 heterocycles. The minimum Gasteiger partial charge on any atom is -0.395 e. The topological polar surface area (TPSA) is 73.0 Å². The highest BCUT2D eigenvalue weighted by atomic mass is 16.3. The van der Waals surface area contributed by atoms with Crippen LogP contribution < -0.4 is 4.90 Å². The third kappa shape index (κ3) is 3.17. The SMILES string of the molecule is CCCCN(CCO)c1nnc(C)c(C)c1C#N. The summed E-state index contributed by atoms with van der Waals surface area (Å²) in [4.78, 5) is 1.93. The smallest absolute Gasteiger partial charge is 0.169 e. The van der Waals surface area contributed by atoms with Crippen molar-refractivity contribution in [2.24, 2.45) is 0 Å². The highest BCUT2D eigenvalue weighted by Gasteiger charge is 2.16. The summed E-state index contributed by atoms with van der Waals surface area (Å²) in [6, 6.07) is 2.19. The number of hydrogen-bond acceptors (Lipinski definition) is 5.